The van der Waals surface area contributed by atoms with Gasteiger partial charge >= 0.3 is 17.8 Å². The van der Waals surface area contributed by atoms with E-state index in [2.05, 4.69) is 5.32 Å². The van der Waals surface area contributed by atoms with Gasteiger partial charge in [-0.1, -0.05) is 6.07 Å². The van der Waals surface area contributed by atoms with Crippen LogP contribution in [0.3, 0.4) is 0 Å². The summed E-state index contributed by atoms with van der Waals surface area (Å²) in [5, 5.41) is 20.2. The van der Waals surface area contributed by atoms with E-state index in [4.69, 9.17) is 9.84 Å². The fourth-order valence-electron chi connectivity index (χ4n) is 3.57. The Bertz CT molecular complexity index is 1170. The van der Waals surface area contributed by atoms with E-state index in [0.717, 1.165) is 22.3 Å². The monoisotopic (exact) mass is 448 g/mol. The summed E-state index contributed by atoms with van der Waals surface area (Å²) in [6.07, 6.45) is -0.778. The van der Waals surface area contributed by atoms with Crippen molar-refractivity contribution < 1.29 is 43.3 Å². The molecule has 0 bridgehead atoms. The lowest BCUT2D eigenvalue weighted by molar-refractivity contribution is -0.147. The topological polar surface area (TPSA) is 150 Å². The van der Waals surface area contributed by atoms with E-state index >= 15 is 0 Å². The molecule has 0 aliphatic carbocycles. The van der Waals surface area contributed by atoms with E-state index in [9.17, 15) is 33.5 Å². The number of halogens is 1. The summed E-state index contributed by atoms with van der Waals surface area (Å²) in [5.74, 6) is -6.81. The molecule has 2 aliphatic rings. The van der Waals surface area contributed by atoms with E-state index < -0.39 is 41.6 Å². The van der Waals surface area contributed by atoms with Crippen LogP contribution in [0, 0.1) is 5.82 Å². The number of hydrogen-bond acceptors (Lipinski definition) is 7. The first-order valence-electron chi connectivity index (χ1n) is 8.87. The first-order chi connectivity index (χ1) is 14.7. The molecule has 1 unspecified atom stereocenters. The molecule has 160 valence electrons. The Morgan fingerprint density at radius 3 is 2.61 bits per heavy atom. The van der Waals surface area contributed by atoms with Crippen LogP contribution in [0.5, 0.6) is 0 Å². The minimum absolute atomic E-state index is 0.00764. The second-order valence-corrected chi connectivity index (χ2v) is 7.90. The number of fused-ring (bicyclic) bond motifs is 2. The molecular formula is C19H13FN2O8S. The highest BCUT2D eigenvalue weighted by molar-refractivity contribution is 7.17. The van der Waals surface area contributed by atoms with Crippen molar-refractivity contribution in [3.63, 3.8) is 0 Å². The molecule has 0 spiro atoms. The number of aliphatic carboxylic acids is 1. The normalized spacial score (nSPS) is 17.3. The molecular weight excluding hydrogens is 435 g/mol. The molecule has 0 saturated carbocycles. The summed E-state index contributed by atoms with van der Waals surface area (Å²) in [7, 11) is 0. The Morgan fingerprint density at radius 2 is 1.97 bits per heavy atom. The van der Waals surface area contributed by atoms with Crippen LogP contribution in [-0.2, 0) is 27.4 Å². The number of benzene rings is 1. The van der Waals surface area contributed by atoms with Gasteiger partial charge in [0.25, 0.3) is 11.8 Å². The number of anilines is 1. The molecule has 0 saturated heterocycles. The molecule has 3 heterocycles. The summed E-state index contributed by atoms with van der Waals surface area (Å²) in [6.45, 7) is -0.289. The number of ether oxygens (including phenoxy) is 1. The first kappa shape index (κ1) is 20.6. The molecule has 0 radical (unpaired) electrons. The predicted octanol–water partition coefficient (Wildman–Crippen LogP) is 1.35. The van der Waals surface area contributed by atoms with Crippen molar-refractivity contribution >= 4 is 46.0 Å². The van der Waals surface area contributed by atoms with Crippen LogP contribution in [-0.4, -0.2) is 57.4 Å². The fraction of sp³-hybridized carbons (Fsp3) is 0.211. The minimum Gasteiger partial charge on any atom is -0.478 e. The van der Waals surface area contributed by atoms with Crippen molar-refractivity contribution in [3.8, 4) is 0 Å². The summed E-state index contributed by atoms with van der Waals surface area (Å²) >= 11 is 0.875. The number of carbonyl (C=O) groups excluding carboxylic acids is 3. The van der Waals surface area contributed by atoms with E-state index in [1.54, 1.807) is 0 Å². The molecule has 12 heteroatoms. The van der Waals surface area contributed by atoms with Crippen LogP contribution in [0.2, 0.25) is 0 Å². The highest BCUT2D eigenvalue weighted by Crippen LogP contribution is 2.38. The lowest BCUT2D eigenvalue weighted by Crippen LogP contribution is -2.40. The molecule has 3 amide bonds. The van der Waals surface area contributed by atoms with Gasteiger partial charge in [0.05, 0.1) is 35.9 Å². The van der Waals surface area contributed by atoms with Crippen LogP contribution < -0.4 is 5.32 Å². The molecule has 1 atom stereocenters. The van der Waals surface area contributed by atoms with Crippen LogP contribution in [0.15, 0.2) is 18.2 Å². The maximum atomic E-state index is 14.0. The van der Waals surface area contributed by atoms with Crippen molar-refractivity contribution in [2.24, 2.45) is 0 Å². The zero-order valence-corrected chi connectivity index (χ0v) is 16.3. The molecule has 10 nitrogen and oxygen atoms in total. The maximum Gasteiger partial charge on any atom is 0.394 e. The van der Waals surface area contributed by atoms with Gasteiger partial charge in [-0.3, -0.25) is 19.3 Å². The Hall–Kier alpha value is -3.64. The number of imide groups is 1. The first-order valence-corrected chi connectivity index (χ1v) is 9.69. The summed E-state index contributed by atoms with van der Waals surface area (Å²) < 4.78 is 19.6. The number of amides is 3. The molecule has 0 fully saturated rings. The van der Waals surface area contributed by atoms with Gasteiger partial charge in [-0.2, -0.15) is 0 Å². The van der Waals surface area contributed by atoms with Crippen molar-refractivity contribution in [2.45, 2.75) is 19.1 Å². The maximum absolute atomic E-state index is 14.0. The molecule has 4 rings (SSSR count). The minimum atomic E-state index is -1.77. The molecule has 3 N–H and O–H groups in total. The zero-order valence-electron chi connectivity index (χ0n) is 15.5. The van der Waals surface area contributed by atoms with Gasteiger partial charge in [-0.25, -0.2) is 14.0 Å². The van der Waals surface area contributed by atoms with E-state index in [-0.39, 0.29) is 41.3 Å². The zero-order chi connectivity index (χ0) is 22.4. The smallest absolute Gasteiger partial charge is 0.394 e. The summed E-state index contributed by atoms with van der Waals surface area (Å²) in [5.41, 5.74) is -0.320. The van der Waals surface area contributed by atoms with Crippen LogP contribution in [0.4, 0.5) is 9.39 Å². The third-order valence-corrected chi connectivity index (χ3v) is 6.06. The van der Waals surface area contributed by atoms with Crippen molar-refractivity contribution in [3.05, 3.63) is 51.1 Å². The lowest BCUT2D eigenvalue weighted by Gasteiger charge is -2.26. The van der Waals surface area contributed by atoms with Crippen LogP contribution in [0.1, 0.15) is 41.5 Å². The van der Waals surface area contributed by atoms with Gasteiger partial charge in [-0.05, 0) is 17.7 Å². The van der Waals surface area contributed by atoms with E-state index in [0.29, 0.717) is 10.4 Å². The summed E-state index contributed by atoms with van der Waals surface area (Å²) in [6, 6.07) is 3.75. The van der Waals surface area contributed by atoms with Crippen molar-refractivity contribution in [1.29, 1.82) is 0 Å². The number of rotatable bonds is 4. The molecule has 2 aromatic rings. The van der Waals surface area contributed by atoms with Gasteiger partial charge in [0.1, 0.15) is 10.8 Å². The average molecular weight is 448 g/mol. The SMILES string of the molecule is O=C(O)C(=O)Nc1sc2c(c1C(=O)O)CC(CN1C(=O)c3cccc(F)c3C1=O)OC2. The second kappa shape index (κ2) is 7.56. The number of nitrogens with zero attached hydrogens (tertiary/aromatic N) is 1. The van der Waals surface area contributed by atoms with Gasteiger partial charge in [0.2, 0.25) is 0 Å². The van der Waals surface area contributed by atoms with Crippen LogP contribution in [0.25, 0.3) is 0 Å². The number of hydrogen-bond donors (Lipinski definition) is 3. The fourth-order valence-corrected chi connectivity index (χ4v) is 4.71. The van der Waals surface area contributed by atoms with Gasteiger partial charge in [-0.15, -0.1) is 11.3 Å². The average Bonchev–Trinajstić information content (AvgIpc) is 3.18. The molecule has 1 aromatic carbocycles. The van der Waals surface area contributed by atoms with Gasteiger partial charge in [0, 0.05) is 11.3 Å². The lowest BCUT2D eigenvalue weighted by atomic mass is 10.0. The number of nitrogens with one attached hydrogen (secondary N) is 1. The largest absolute Gasteiger partial charge is 0.478 e. The number of aromatic carboxylic acids is 1. The number of carboxylic acids is 2. The van der Waals surface area contributed by atoms with Crippen molar-refractivity contribution in [2.75, 3.05) is 11.9 Å². The summed E-state index contributed by atoms with van der Waals surface area (Å²) in [4.78, 5) is 60.4. The Labute approximate surface area is 176 Å². The standard InChI is InChI=1S/C19H13FN2O8S/c20-10-3-1-2-8-12(10)17(25)22(16(8)24)5-7-4-9-11(6-30-7)31-15(13(9)18(26)27)21-14(23)19(28)29/h1-3,7H,4-6H2,(H,21,23)(H,26,27)(H,28,29). The Balaban J connectivity index is 1.58. The van der Waals surface area contributed by atoms with E-state index in [1.807, 2.05) is 0 Å². The molecule has 31 heavy (non-hydrogen) atoms. The molecule has 2 aliphatic heterocycles. The molecule has 1 aromatic heterocycles. The Kier molecular flexibility index (Phi) is 5.03. The second-order valence-electron chi connectivity index (χ2n) is 6.79. The van der Waals surface area contributed by atoms with Crippen LogP contribution >= 0.6 is 11.3 Å². The Morgan fingerprint density at radius 1 is 1.23 bits per heavy atom. The number of carbonyl (C=O) groups is 5. The van der Waals surface area contributed by atoms with Gasteiger partial charge in [0.15, 0.2) is 0 Å². The highest BCUT2D eigenvalue weighted by Gasteiger charge is 2.40. The number of thiophene rings is 1. The third-order valence-electron chi connectivity index (χ3n) is 4.94. The number of carboxylic acid groups (broad SMARTS) is 2. The van der Waals surface area contributed by atoms with Gasteiger partial charge < -0.3 is 20.3 Å². The predicted molar refractivity (Wildman–Crippen MR) is 102 cm³/mol. The highest BCUT2D eigenvalue weighted by atomic mass is 32.1. The third kappa shape index (κ3) is 3.45. The van der Waals surface area contributed by atoms with E-state index in [1.165, 1.54) is 12.1 Å². The van der Waals surface area contributed by atoms with Crippen molar-refractivity contribution in [1.82, 2.24) is 4.90 Å². The quantitative estimate of drug-likeness (QED) is 0.468.